The number of aromatic nitrogens is 3. The first kappa shape index (κ1) is 18.4. The van der Waals surface area contributed by atoms with Gasteiger partial charge in [0.25, 0.3) is 0 Å². The van der Waals surface area contributed by atoms with E-state index < -0.39 is 0 Å². The van der Waals surface area contributed by atoms with Crippen LogP contribution in [-0.2, 0) is 12.8 Å². The Morgan fingerprint density at radius 3 is 2.74 bits per heavy atom. The zero-order valence-corrected chi connectivity index (χ0v) is 15.5. The van der Waals surface area contributed by atoms with Crippen LogP contribution in [-0.4, -0.2) is 34.9 Å². The second-order valence-corrected chi connectivity index (χ2v) is 6.22. The summed E-state index contributed by atoms with van der Waals surface area (Å²) in [6.45, 7) is 2.52. The molecular weight excluding hydrogens is 342 g/mol. The van der Waals surface area contributed by atoms with Gasteiger partial charge in [-0.3, -0.25) is 5.10 Å². The number of aromatic amines is 1. The highest BCUT2D eigenvalue weighted by molar-refractivity contribution is 5.89. The molecule has 0 aliphatic heterocycles. The number of rotatable bonds is 7. The summed E-state index contributed by atoms with van der Waals surface area (Å²) in [4.78, 5) is 16.4. The van der Waals surface area contributed by atoms with Gasteiger partial charge in [-0.25, -0.2) is 9.78 Å². The highest BCUT2D eigenvalue weighted by atomic mass is 16.5. The molecule has 0 saturated carbocycles. The van der Waals surface area contributed by atoms with E-state index in [9.17, 15) is 4.79 Å². The van der Waals surface area contributed by atoms with Gasteiger partial charge in [-0.15, -0.1) is 0 Å². The zero-order chi connectivity index (χ0) is 19.1. The van der Waals surface area contributed by atoms with Crippen LogP contribution in [0.2, 0.25) is 0 Å². The van der Waals surface area contributed by atoms with E-state index in [0.717, 1.165) is 11.6 Å². The smallest absolute Gasteiger partial charge is 0.319 e. The van der Waals surface area contributed by atoms with Gasteiger partial charge in [0.2, 0.25) is 0 Å². The molecule has 0 unspecified atom stereocenters. The molecule has 0 radical (unpaired) electrons. The van der Waals surface area contributed by atoms with Gasteiger partial charge in [0, 0.05) is 25.1 Å². The van der Waals surface area contributed by atoms with Crippen molar-refractivity contribution in [3.8, 4) is 5.75 Å². The molecule has 0 aliphatic rings. The minimum atomic E-state index is -0.268. The van der Waals surface area contributed by atoms with Crippen LogP contribution in [0.4, 0.5) is 10.5 Å². The van der Waals surface area contributed by atoms with Crippen LogP contribution < -0.4 is 15.4 Å². The monoisotopic (exact) mass is 365 g/mol. The number of methoxy groups -OCH3 is 1. The summed E-state index contributed by atoms with van der Waals surface area (Å²) in [7, 11) is 1.60. The van der Waals surface area contributed by atoms with E-state index in [1.807, 2.05) is 6.07 Å². The summed E-state index contributed by atoms with van der Waals surface area (Å²) >= 11 is 0. The normalized spacial score (nSPS) is 10.4. The molecule has 0 aliphatic carbocycles. The van der Waals surface area contributed by atoms with Crippen LogP contribution >= 0.6 is 0 Å². The average Bonchev–Trinajstić information content (AvgIpc) is 3.09. The third-order valence-electron chi connectivity index (χ3n) is 4.01. The van der Waals surface area contributed by atoms with Gasteiger partial charge in [-0.05, 0) is 36.8 Å². The molecular formula is C20H23N5O2. The lowest BCUT2D eigenvalue weighted by atomic mass is 10.1. The molecule has 0 fully saturated rings. The van der Waals surface area contributed by atoms with Crippen LogP contribution in [0.1, 0.15) is 22.8 Å². The highest BCUT2D eigenvalue weighted by Gasteiger charge is 2.06. The Hall–Kier alpha value is -3.35. The Labute approximate surface area is 158 Å². The first-order chi connectivity index (χ1) is 13.1. The summed E-state index contributed by atoms with van der Waals surface area (Å²) < 4.78 is 5.09. The van der Waals surface area contributed by atoms with Gasteiger partial charge in [0.15, 0.2) is 5.82 Å². The minimum absolute atomic E-state index is 0.268. The van der Waals surface area contributed by atoms with Crippen molar-refractivity contribution in [2.45, 2.75) is 19.8 Å². The molecule has 7 nitrogen and oxygen atoms in total. The molecule has 1 heterocycles. The molecule has 2 aromatic carbocycles. The number of benzene rings is 2. The molecule has 1 aromatic heterocycles. The van der Waals surface area contributed by atoms with Crippen molar-refractivity contribution in [2.24, 2.45) is 0 Å². The van der Waals surface area contributed by atoms with Crippen molar-refractivity contribution >= 4 is 11.7 Å². The number of carbonyl (C=O) groups is 1. The summed E-state index contributed by atoms with van der Waals surface area (Å²) in [6.07, 6.45) is 1.26. The molecule has 140 valence electrons. The summed E-state index contributed by atoms with van der Waals surface area (Å²) in [5.74, 6) is 2.24. The Bertz CT molecular complexity index is 889. The van der Waals surface area contributed by atoms with E-state index in [2.05, 4.69) is 50.9 Å². The fraction of sp³-hybridized carbons (Fsp3) is 0.250. The molecule has 3 aromatic rings. The van der Waals surface area contributed by atoms with Crippen molar-refractivity contribution in [2.75, 3.05) is 19.0 Å². The number of anilines is 1. The van der Waals surface area contributed by atoms with E-state index in [-0.39, 0.29) is 6.03 Å². The molecule has 0 atom stereocenters. The fourth-order valence-corrected chi connectivity index (χ4v) is 2.68. The number of ether oxygens (including phenoxy) is 1. The van der Waals surface area contributed by atoms with Crippen molar-refractivity contribution < 1.29 is 9.53 Å². The lowest BCUT2D eigenvalue weighted by molar-refractivity contribution is 0.252. The maximum absolute atomic E-state index is 11.9. The third-order valence-corrected chi connectivity index (χ3v) is 4.01. The van der Waals surface area contributed by atoms with E-state index in [0.29, 0.717) is 30.9 Å². The Morgan fingerprint density at radius 2 is 2.00 bits per heavy atom. The summed E-state index contributed by atoms with van der Waals surface area (Å²) in [5, 5.41) is 12.7. The Morgan fingerprint density at radius 1 is 1.19 bits per heavy atom. The summed E-state index contributed by atoms with van der Waals surface area (Å²) in [5.41, 5.74) is 3.11. The van der Waals surface area contributed by atoms with Crippen molar-refractivity contribution in [3.63, 3.8) is 0 Å². The fourth-order valence-electron chi connectivity index (χ4n) is 2.68. The standard InChI is InChI=1S/C20H23N5O2/c1-14-4-3-5-15(12-14)13-19-23-18(24-25-19)10-11-21-20(26)22-16-6-8-17(27-2)9-7-16/h3-9,12H,10-11,13H2,1-2H3,(H2,21,22,26)(H,23,24,25). The SMILES string of the molecule is COc1ccc(NC(=O)NCCc2n[nH]c(Cc3cccc(C)c3)n2)cc1. The molecule has 0 spiro atoms. The Kier molecular flexibility index (Phi) is 6.04. The van der Waals surface area contributed by atoms with Crippen LogP contribution in [0, 0.1) is 6.92 Å². The van der Waals surface area contributed by atoms with Crippen LogP contribution in [0.25, 0.3) is 0 Å². The maximum atomic E-state index is 11.9. The van der Waals surface area contributed by atoms with Crippen molar-refractivity contribution in [1.82, 2.24) is 20.5 Å². The minimum Gasteiger partial charge on any atom is -0.497 e. The number of hydrogen-bond donors (Lipinski definition) is 3. The van der Waals surface area contributed by atoms with Gasteiger partial charge in [0.05, 0.1) is 7.11 Å². The zero-order valence-electron chi connectivity index (χ0n) is 15.5. The Balaban J connectivity index is 1.43. The maximum Gasteiger partial charge on any atom is 0.319 e. The van der Waals surface area contributed by atoms with Crippen LogP contribution in [0.3, 0.4) is 0 Å². The first-order valence-corrected chi connectivity index (χ1v) is 8.77. The largest absolute Gasteiger partial charge is 0.497 e. The van der Waals surface area contributed by atoms with Crippen molar-refractivity contribution in [1.29, 1.82) is 0 Å². The predicted octanol–water partition coefficient (Wildman–Crippen LogP) is 3.08. The predicted molar refractivity (Wildman–Crippen MR) is 104 cm³/mol. The molecule has 0 bridgehead atoms. The molecule has 27 heavy (non-hydrogen) atoms. The van der Waals surface area contributed by atoms with Crippen molar-refractivity contribution in [3.05, 3.63) is 71.3 Å². The molecule has 7 heteroatoms. The summed E-state index contributed by atoms with van der Waals surface area (Å²) in [6, 6.07) is 15.2. The van der Waals surface area contributed by atoms with E-state index in [1.54, 1.807) is 31.4 Å². The number of urea groups is 1. The molecule has 3 N–H and O–H groups in total. The number of carbonyl (C=O) groups excluding carboxylic acids is 1. The lowest BCUT2D eigenvalue weighted by Gasteiger charge is -2.07. The average molecular weight is 365 g/mol. The van der Waals surface area contributed by atoms with Gasteiger partial charge in [0.1, 0.15) is 11.6 Å². The number of nitrogens with zero attached hydrogens (tertiary/aromatic N) is 2. The number of amides is 2. The van der Waals surface area contributed by atoms with E-state index >= 15 is 0 Å². The molecule has 2 amide bonds. The van der Waals surface area contributed by atoms with E-state index in [4.69, 9.17) is 4.74 Å². The number of hydrogen-bond acceptors (Lipinski definition) is 4. The van der Waals surface area contributed by atoms with Gasteiger partial charge in [-0.2, -0.15) is 5.10 Å². The number of nitrogens with one attached hydrogen (secondary N) is 3. The highest BCUT2D eigenvalue weighted by Crippen LogP contribution is 2.14. The van der Waals surface area contributed by atoms with Crippen LogP contribution in [0.15, 0.2) is 48.5 Å². The quantitative estimate of drug-likeness (QED) is 0.600. The second-order valence-electron chi connectivity index (χ2n) is 6.22. The molecule has 3 rings (SSSR count). The van der Waals surface area contributed by atoms with Gasteiger partial charge < -0.3 is 15.4 Å². The topological polar surface area (TPSA) is 91.9 Å². The molecule has 0 saturated heterocycles. The number of H-pyrrole nitrogens is 1. The van der Waals surface area contributed by atoms with E-state index in [1.165, 1.54) is 11.1 Å². The van der Waals surface area contributed by atoms with Crippen LogP contribution in [0.5, 0.6) is 5.75 Å². The third kappa shape index (κ3) is 5.57. The number of aryl methyl sites for hydroxylation is 1. The van der Waals surface area contributed by atoms with Gasteiger partial charge >= 0.3 is 6.03 Å². The lowest BCUT2D eigenvalue weighted by Crippen LogP contribution is -2.30. The second kappa shape index (κ2) is 8.84. The van der Waals surface area contributed by atoms with Gasteiger partial charge in [-0.1, -0.05) is 29.8 Å². The first-order valence-electron chi connectivity index (χ1n) is 8.77.